The number of nitrogens with zero attached hydrogens (tertiary/aromatic N) is 1. The molecule has 1 aromatic carbocycles. The number of piperidine rings is 1. The Balaban J connectivity index is 1.83. The van der Waals surface area contributed by atoms with Gasteiger partial charge in [-0.2, -0.15) is 0 Å². The summed E-state index contributed by atoms with van der Waals surface area (Å²) < 4.78 is 0. The first-order valence-electron chi connectivity index (χ1n) is 6.10. The molecule has 0 aromatic heterocycles. The minimum atomic E-state index is -0.962. The highest BCUT2D eigenvalue weighted by Crippen LogP contribution is 2.12. The highest BCUT2D eigenvalue weighted by molar-refractivity contribution is 5.65. The van der Waals surface area contributed by atoms with Crippen LogP contribution in [0.4, 0.5) is 4.79 Å². The average molecular weight is 250 g/mol. The van der Waals surface area contributed by atoms with Crippen molar-refractivity contribution < 1.29 is 15.0 Å². The van der Waals surface area contributed by atoms with Crippen LogP contribution in [0, 0.1) is 0 Å². The van der Waals surface area contributed by atoms with Crippen LogP contribution in [0.2, 0.25) is 0 Å². The van der Waals surface area contributed by atoms with Gasteiger partial charge in [0.05, 0.1) is 12.6 Å². The van der Waals surface area contributed by atoms with Gasteiger partial charge >= 0.3 is 6.09 Å². The smallest absolute Gasteiger partial charge is 0.407 e. The summed E-state index contributed by atoms with van der Waals surface area (Å²) in [4.78, 5) is 12.0. The van der Waals surface area contributed by atoms with Crippen molar-refractivity contribution in [3.63, 3.8) is 0 Å². The Morgan fingerprint density at radius 1 is 1.39 bits per heavy atom. The van der Waals surface area contributed by atoms with E-state index in [0.717, 1.165) is 5.56 Å². The predicted molar refractivity (Wildman–Crippen MR) is 67.3 cm³/mol. The van der Waals surface area contributed by atoms with Gasteiger partial charge in [0.2, 0.25) is 0 Å². The van der Waals surface area contributed by atoms with Crippen LogP contribution >= 0.6 is 0 Å². The number of carboxylic acid groups (broad SMARTS) is 1. The Kier molecular flexibility index (Phi) is 4.17. The molecule has 1 saturated heterocycles. The van der Waals surface area contributed by atoms with Gasteiger partial charge in [-0.3, -0.25) is 0 Å². The van der Waals surface area contributed by atoms with E-state index in [1.807, 2.05) is 30.3 Å². The number of amides is 1. The van der Waals surface area contributed by atoms with Crippen LogP contribution in [-0.4, -0.2) is 46.4 Å². The molecule has 0 spiro atoms. The lowest BCUT2D eigenvalue weighted by Crippen LogP contribution is -2.53. The normalized spacial score (nSPS) is 23.9. The Morgan fingerprint density at radius 3 is 2.72 bits per heavy atom. The number of aliphatic hydroxyl groups excluding tert-OH is 1. The van der Waals surface area contributed by atoms with Crippen LogP contribution < -0.4 is 5.32 Å². The SMILES string of the molecule is O=C(O)N1CC[C@H](NCc2ccccc2)[C@@H](O)C1. The average Bonchev–Trinajstić information content (AvgIpc) is 2.38. The number of β-amino-alcohol motifs (C(OH)–C–C–N with tert-alkyl or cyclic N) is 1. The molecule has 0 aliphatic carbocycles. The first kappa shape index (κ1) is 12.9. The van der Waals surface area contributed by atoms with Crippen LogP contribution in [-0.2, 0) is 6.54 Å². The molecule has 1 aromatic rings. The number of likely N-dealkylation sites (tertiary alicyclic amines) is 1. The van der Waals surface area contributed by atoms with Crippen molar-refractivity contribution >= 4 is 6.09 Å². The molecule has 1 aliphatic rings. The summed E-state index contributed by atoms with van der Waals surface area (Å²) in [6.45, 7) is 1.34. The van der Waals surface area contributed by atoms with Crippen molar-refractivity contribution in [1.29, 1.82) is 0 Å². The molecular formula is C13H18N2O3. The standard InChI is InChI=1S/C13H18N2O3/c16-12-9-15(13(17)18)7-6-11(12)14-8-10-4-2-1-3-5-10/h1-5,11-12,14,16H,6-9H2,(H,17,18)/t11-,12-/m0/s1. The van der Waals surface area contributed by atoms with Crippen LogP contribution in [0.3, 0.4) is 0 Å². The predicted octanol–water partition coefficient (Wildman–Crippen LogP) is 0.889. The van der Waals surface area contributed by atoms with Crippen molar-refractivity contribution in [3.8, 4) is 0 Å². The first-order chi connectivity index (χ1) is 8.66. The van der Waals surface area contributed by atoms with Gasteiger partial charge in [-0.05, 0) is 12.0 Å². The first-order valence-corrected chi connectivity index (χ1v) is 6.10. The Hall–Kier alpha value is -1.59. The largest absolute Gasteiger partial charge is 0.465 e. The molecule has 18 heavy (non-hydrogen) atoms. The number of aliphatic hydroxyl groups is 1. The third kappa shape index (κ3) is 3.21. The molecule has 1 amide bonds. The van der Waals surface area contributed by atoms with Crippen LogP contribution in [0.25, 0.3) is 0 Å². The molecule has 0 bridgehead atoms. The molecule has 1 fully saturated rings. The summed E-state index contributed by atoms with van der Waals surface area (Å²) in [7, 11) is 0. The van der Waals surface area contributed by atoms with Gasteiger partial charge in [0.25, 0.3) is 0 Å². The molecule has 0 saturated carbocycles. The molecule has 1 heterocycles. The minimum absolute atomic E-state index is 0.0409. The maximum atomic E-state index is 10.8. The van der Waals surface area contributed by atoms with Gasteiger partial charge in [-0.25, -0.2) is 4.79 Å². The summed E-state index contributed by atoms with van der Waals surface area (Å²) in [5.74, 6) is 0. The lowest BCUT2D eigenvalue weighted by atomic mass is 10.0. The molecule has 1 aliphatic heterocycles. The van der Waals surface area contributed by atoms with Gasteiger partial charge in [-0.15, -0.1) is 0 Å². The van der Waals surface area contributed by atoms with E-state index in [1.165, 1.54) is 4.90 Å². The minimum Gasteiger partial charge on any atom is -0.465 e. The van der Waals surface area contributed by atoms with Crippen molar-refractivity contribution in [3.05, 3.63) is 35.9 Å². The second kappa shape index (κ2) is 5.84. The van der Waals surface area contributed by atoms with Gasteiger partial charge in [0.1, 0.15) is 0 Å². The monoisotopic (exact) mass is 250 g/mol. The van der Waals surface area contributed by atoms with E-state index >= 15 is 0 Å². The lowest BCUT2D eigenvalue weighted by molar-refractivity contribution is 0.0407. The summed E-state index contributed by atoms with van der Waals surface area (Å²) in [6, 6.07) is 9.91. The fraction of sp³-hybridized carbons (Fsp3) is 0.462. The van der Waals surface area contributed by atoms with E-state index in [4.69, 9.17) is 5.11 Å². The van der Waals surface area contributed by atoms with E-state index in [9.17, 15) is 9.90 Å². The van der Waals surface area contributed by atoms with E-state index in [-0.39, 0.29) is 12.6 Å². The lowest BCUT2D eigenvalue weighted by Gasteiger charge is -2.34. The molecular weight excluding hydrogens is 232 g/mol. The highest BCUT2D eigenvalue weighted by Gasteiger charge is 2.29. The zero-order valence-corrected chi connectivity index (χ0v) is 10.1. The summed E-state index contributed by atoms with van der Waals surface area (Å²) in [5, 5.41) is 22.0. The molecule has 5 heteroatoms. The third-order valence-electron chi connectivity index (χ3n) is 3.26. The Morgan fingerprint density at radius 2 is 2.11 bits per heavy atom. The third-order valence-corrected chi connectivity index (χ3v) is 3.26. The van der Waals surface area contributed by atoms with Crippen molar-refractivity contribution in [2.45, 2.75) is 25.1 Å². The number of hydrogen-bond donors (Lipinski definition) is 3. The summed E-state index contributed by atoms with van der Waals surface area (Å²) in [5.41, 5.74) is 1.16. The number of rotatable bonds is 3. The number of hydrogen-bond acceptors (Lipinski definition) is 3. The molecule has 0 unspecified atom stereocenters. The van der Waals surface area contributed by atoms with Crippen molar-refractivity contribution in [1.82, 2.24) is 10.2 Å². The molecule has 2 atom stereocenters. The number of carbonyl (C=O) groups is 1. The fourth-order valence-corrected chi connectivity index (χ4v) is 2.19. The molecule has 2 rings (SSSR count). The molecule has 98 valence electrons. The van der Waals surface area contributed by atoms with Gasteiger partial charge in [0, 0.05) is 19.1 Å². The van der Waals surface area contributed by atoms with E-state index < -0.39 is 12.2 Å². The zero-order valence-electron chi connectivity index (χ0n) is 10.1. The Labute approximate surface area is 106 Å². The number of benzene rings is 1. The van der Waals surface area contributed by atoms with Crippen LogP contribution in [0.1, 0.15) is 12.0 Å². The van der Waals surface area contributed by atoms with Crippen LogP contribution in [0.15, 0.2) is 30.3 Å². The van der Waals surface area contributed by atoms with Crippen molar-refractivity contribution in [2.24, 2.45) is 0 Å². The maximum Gasteiger partial charge on any atom is 0.407 e. The maximum absolute atomic E-state index is 10.8. The quantitative estimate of drug-likeness (QED) is 0.745. The van der Waals surface area contributed by atoms with Gasteiger partial charge in [0.15, 0.2) is 0 Å². The second-order valence-electron chi connectivity index (χ2n) is 4.56. The topological polar surface area (TPSA) is 72.8 Å². The number of nitrogens with one attached hydrogen (secondary N) is 1. The Bertz CT molecular complexity index is 396. The van der Waals surface area contributed by atoms with Gasteiger partial charge in [-0.1, -0.05) is 30.3 Å². The second-order valence-corrected chi connectivity index (χ2v) is 4.56. The van der Waals surface area contributed by atoms with Crippen LogP contribution in [0.5, 0.6) is 0 Å². The highest BCUT2D eigenvalue weighted by atomic mass is 16.4. The zero-order chi connectivity index (χ0) is 13.0. The van der Waals surface area contributed by atoms with Gasteiger partial charge < -0.3 is 20.4 Å². The van der Waals surface area contributed by atoms with E-state index in [0.29, 0.717) is 19.5 Å². The molecule has 0 radical (unpaired) electrons. The summed E-state index contributed by atoms with van der Waals surface area (Å²) >= 11 is 0. The van der Waals surface area contributed by atoms with E-state index in [2.05, 4.69) is 5.32 Å². The fourth-order valence-electron chi connectivity index (χ4n) is 2.19. The molecule has 3 N–H and O–H groups in total. The van der Waals surface area contributed by atoms with Crippen molar-refractivity contribution in [2.75, 3.05) is 13.1 Å². The molecule has 5 nitrogen and oxygen atoms in total. The summed E-state index contributed by atoms with van der Waals surface area (Å²) in [6.07, 6.45) is -0.963. The van der Waals surface area contributed by atoms with E-state index in [1.54, 1.807) is 0 Å².